The van der Waals surface area contributed by atoms with Crippen molar-refractivity contribution < 1.29 is 5.11 Å². The Morgan fingerprint density at radius 1 is 1.42 bits per heavy atom. The van der Waals surface area contributed by atoms with E-state index in [1.165, 1.54) is 43.6 Å². The summed E-state index contributed by atoms with van der Waals surface area (Å²) >= 11 is 2.01. The fraction of sp³-hybridized carbons (Fsp3) is 1.00. The van der Waals surface area contributed by atoms with Crippen molar-refractivity contribution in [2.24, 2.45) is 5.41 Å². The first-order valence-electron chi connectivity index (χ1n) is 5.01. The van der Waals surface area contributed by atoms with E-state index in [9.17, 15) is 5.11 Å². The molecule has 1 aliphatic rings. The zero-order valence-electron chi connectivity index (χ0n) is 8.01. The molecule has 0 saturated heterocycles. The van der Waals surface area contributed by atoms with Crippen LogP contribution in [0, 0.1) is 5.41 Å². The van der Waals surface area contributed by atoms with Gasteiger partial charge in [0.05, 0.1) is 0 Å². The number of hydrogen-bond donors (Lipinski definition) is 1. The second kappa shape index (κ2) is 5.13. The van der Waals surface area contributed by atoms with Gasteiger partial charge in [0.1, 0.15) is 0 Å². The van der Waals surface area contributed by atoms with Crippen molar-refractivity contribution in [1.82, 2.24) is 0 Å². The molecule has 0 aromatic carbocycles. The van der Waals surface area contributed by atoms with E-state index in [-0.39, 0.29) is 0 Å². The van der Waals surface area contributed by atoms with Gasteiger partial charge in [-0.1, -0.05) is 13.3 Å². The molecule has 1 saturated carbocycles. The highest BCUT2D eigenvalue weighted by Crippen LogP contribution is 2.44. The van der Waals surface area contributed by atoms with Gasteiger partial charge in [0.25, 0.3) is 0 Å². The first-order chi connectivity index (χ1) is 5.83. The Morgan fingerprint density at radius 2 is 2.17 bits per heavy atom. The standard InChI is InChI=1S/C10H20OS/c1-2-12-8-4-7-10(9-11)5-3-6-10/h11H,2-9H2,1H3. The van der Waals surface area contributed by atoms with Gasteiger partial charge in [0, 0.05) is 6.61 Å². The molecule has 0 atom stereocenters. The van der Waals surface area contributed by atoms with Crippen molar-refractivity contribution in [3.8, 4) is 0 Å². The SMILES string of the molecule is CCSCCCC1(CO)CCC1. The lowest BCUT2D eigenvalue weighted by Gasteiger charge is -2.40. The molecule has 1 nitrogen and oxygen atoms in total. The Kier molecular flexibility index (Phi) is 4.44. The van der Waals surface area contributed by atoms with E-state index in [0.29, 0.717) is 12.0 Å². The van der Waals surface area contributed by atoms with Gasteiger partial charge in [-0.2, -0.15) is 11.8 Å². The van der Waals surface area contributed by atoms with Gasteiger partial charge < -0.3 is 5.11 Å². The molecule has 2 heteroatoms. The first-order valence-corrected chi connectivity index (χ1v) is 6.17. The van der Waals surface area contributed by atoms with E-state index in [4.69, 9.17) is 0 Å². The second-order valence-electron chi connectivity index (χ2n) is 3.81. The van der Waals surface area contributed by atoms with Crippen molar-refractivity contribution >= 4 is 11.8 Å². The quantitative estimate of drug-likeness (QED) is 0.647. The van der Waals surface area contributed by atoms with Crippen molar-refractivity contribution in [1.29, 1.82) is 0 Å². The van der Waals surface area contributed by atoms with Crippen molar-refractivity contribution in [2.75, 3.05) is 18.1 Å². The highest BCUT2D eigenvalue weighted by molar-refractivity contribution is 7.99. The summed E-state index contributed by atoms with van der Waals surface area (Å²) < 4.78 is 0. The third-order valence-corrected chi connectivity index (χ3v) is 3.94. The molecule has 0 radical (unpaired) electrons. The minimum Gasteiger partial charge on any atom is -0.396 e. The number of aliphatic hydroxyl groups excluding tert-OH is 1. The van der Waals surface area contributed by atoms with Crippen LogP contribution in [0.25, 0.3) is 0 Å². The van der Waals surface area contributed by atoms with Crippen LogP contribution < -0.4 is 0 Å². The Labute approximate surface area is 79.9 Å². The van der Waals surface area contributed by atoms with Crippen LogP contribution in [-0.2, 0) is 0 Å². The second-order valence-corrected chi connectivity index (χ2v) is 5.21. The van der Waals surface area contributed by atoms with Crippen LogP contribution in [0.2, 0.25) is 0 Å². The molecule has 0 spiro atoms. The van der Waals surface area contributed by atoms with Crippen molar-refractivity contribution in [3.05, 3.63) is 0 Å². The predicted octanol–water partition coefficient (Wildman–Crippen LogP) is 2.68. The van der Waals surface area contributed by atoms with Crippen LogP contribution in [0.3, 0.4) is 0 Å². The van der Waals surface area contributed by atoms with E-state index in [1.807, 2.05) is 11.8 Å². The zero-order chi connectivity index (χ0) is 8.86. The molecule has 1 N–H and O–H groups in total. The Bertz CT molecular complexity index is 115. The molecule has 72 valence electrons. The van der Waals surface area contributed by atoms with Crippen molar-refractivity contribution in [3.63, 3.8) is 0 Å². The number of aliphatic hydroxyl groups is 1. The molecule has 1 rings (SSSR count). The zero-order valence-corrected chi connectivity index (χ0v) is 8.83. The molecular formula is C10H20OS. The number of rotatable bonds is 6. The molecule has 1 fully saturated rings. The van der Waals surface area contributed by atoms with E-state index >= 15 is 0 Å². The minimum absolute atomic E-state index is 0.355. The lowest BCUT2D eigenvalue weighted by atomic mass is 9.67. The minimum atomic E-state index is 0.355. The topological polar surface area (TPSA) is 20.2 Å². The summed E-state index contributed by atoms with van der Waals surface area (Å²) in [6.07, 6.45) is 6.40. The molecular weight excluding hydrogens is 168 g/mol. The van der Waals surface area contributed by atoms with E-state index < -0.39 is 0 Å². The molecule has 1 aliphatic carbocycles. The monoisotopic (exact) mass is 188 g/mol. The smallest absolute Gasteiger partial charge is 0.0487 e. The molecule has 0 aromatic rings. The third kappa shape index (κ3) is 2.67. The van der Waals surface area contributed by atoms with E-state index in [0.717, 1.165) is 0 Å². The summed E-state index contributed by atoms with van der Waals surface area (Å²) in [4.78, 5) is 0. The highest BCUT2D eigenvalue weighted by atomic mass is 32.2. The Balaban J connectivity index is 2.04. The molecule has 0 aliphatic heterocycles. The summed E-state index contributed by atoms with van der Waals surface area (Å²) in [5.41, 5.74) is 0.355. The summed E-state index contributed by atoms with van der Waals surface area (Å²) in [6.45, 7) is 2.62. The van der Waals surface area contributed by atoms with Crippen LogP contribution in [-0.4, -0.2) is 23.2 Å². The average molecular weight is 188 g/mol. The highest BCUT2D eigenvalue weighted by Gasteiger charge is 2.35. The van der Waals surface area contributed by atoms with Crippen molar-refractivity contribution in [2.45, 2.75) is 39.0 Å². The number of thioether (sulfide) groups is 1. The van der Waals surface area contributed by atoms with Crippen LogP contribution in [0.4, 0.5) is 0 Å². The van der Waals surface area contributed by atoms with Crippen LogP contribution >= 0.6 is 11.8 Å². The summed E-state index contributed by atoms with van der Waals surface area (Å²) in [6, 6.07) is 0. The van der Waals surface area contributed by atoms with Gasteiger partial charge in [-0.3, -0.25) is 0 Å². The lowest BCUT2D eigenvalue weighted by molar-refractivity contribution is 0.0358. The summed E-state index contributed by atoms with van der Waals surface area (Å²) in [5.74, 6) is 2.50. The molecule has 0 heterocycles. The van der Waals surface area contributed by atoms with Gasteiger partial charge >= 0.3 is 0 Å². The van der Waals surface area contributed by atoms with Gasteiger partial charge in [0.2, 0.25) is 0 Å². The molecule has 0 amide bonds. The third-order valence-electron chi connectivity index (χ3n) is 2.95. The van der Waals surface area contributed by atoms with Crippen LogP contribution in [0.5, 0.6) is 0 Å². The Morgan fingerprint density at radius 3 is 2.58 bits per heavy atom. The molecule has 0 bridgehead atoms. The predicted molar refractivity (Wildman–Crippen MR) is 55.6 cm³/mol. The van der Waals surface area contributed by atoms with E-state index in [2.05, 4.69) is 6.92 Å². The average Bonchev–Trinajstić information content (AvgIpc) is 2.02. The lowest BCUT2D eigenvalue weighted by Crippen LogP contribution is -2.33. The summed E-state index contributed by atoms with van der Waals surface area (Å²) in [5, 5.41) is 9.19. The summed E-state index contributed by atoms with van der Waals surface area (Å²) in [7, 11) is 0. The molecule has 0 unspecified atom stereocenters. The van der Waals surface area contributed by atoms with Crippen LogP contribution in [0.15, 0.2) is 0 Å². The fourth-order valence-corrected chi connectivity index (χ4v) is 2.49. The van der Waals surface area contributed by atoms with E-state index in [1.54, 1.807) is 0 Å². The first kappa shape index (κ1) is 10.4. The molecule has 0 aromatic heterocycles. The van der Waals surface area contributed by atoms with Gasteiger partial charge in [-0.15, -0.1) is 0 Å². The maximum atomic E-state index is 9.19. The van der Waals surface area contributed by atoms with Gasteiger partial charge in [-0.25, -0.2) is 0 Å². The number of hydrogen-bond acceptors (Lipinski definition) is 2. The van der Waals surface area contributed by atoms with Crippen LogP contribution in [0.1, 0.15) is 39.0 Å². The normalized spacial score (nSPS) is 20.5. The Hall–Kier alpha value is 0.310. The van der Waals surface area contributed by atoms with Gasteiger partial charge in [0.15, 0.2) is 0 Å². The largest absolute Gasteiger partial charge is 0.396 e. The maximum absolute atomic E-state index is 9.19. The van der Waals surface area contributed by atoms with Gasteiger partial charge in [-0.05, 0) is 42.6 Å². The molecule has 12 heavy (non-hydrogen) atoms. The fourth-order valence-electron chi connectivity index (χ4n) is 1.86. The maximum Gasteiger partial charge on any atom is 0.0487 e.